The maximum absolute atomic E-state index is 5.87. The van der Waals surface area contributed by atoms with E-state index in [0.29, 0.717) is 17.5 Å². The summed E-state index contributed by atoms with van der Waals surface area (Å²) in [6.07, 6.45) is 6.07. The summed E-state index contributed by atoms with van der Waals surface area (Å²) in [5, 5.41) is 4.27. The summed E-state index contributed by atoms with van der Waals surface area (Å²) in [4.78, 5) is 8.30. The van der Waals surface area contributed by atoms with Crippen LogP contribution in [0.2, 0.25) is 0 Å². The number of hydrogen-bond donors (Lipinski definition) is 2. The SMILES string of the molecule is Nc1ccnc(-c2cn(CC3CC3)nc2N)n1. The smallest absolute Gasteiger partial charge is 0.166 e. The Morgan fingerprint density at radius 1 is 1.35 bits per heavy atom. The number of anilines is 2. The molecule has 2 aromatic rings. The van der Waals surface area contributed by atoms with Gasteiger partial charge in [-0.3, -0.25) is 4.68 Å². The average Bonchev–Trinajstić information content (AvgIpc) is 3.01. The molecule has 3 rings (SSSR count). The third kappa shape index (κ3) is 2.06. The van der Waals surface area contributed by atoms with Crippen LogP contribution in [0.25, 0.3) is 11.4 Å². The van der Waals surface area contributed by atoms with Crippen molar-refractivity contribution in [2.75, 3.05) is 11.5 Å². The van der Waals surface area contributed by atoms with Gasteiger partial charge in [-0.1, -0.05) is 0 Å². The van der Waals surface area contributed by atoms with Crippen molar-refractivity contribution in [3.05, 3.63) is 18.5 Å². The minimum atomic E-state index is 0.435. The molecule has 0 saturated heterocycles. The van der Waals surface area contributed by atoms with E-state index >= 15 is 0 Å². The van der Waals surface area contributed by atoms with Crippen molar-refractivity contribution in [1.29, 1.82) is 0 Å². The lowest BCUT2D eigenvalue weighted by molar-refractivity contribution is 0.565. The number of nitrogens with zero attached hydrogens (tertiary/aromatic N) is 4. The predicted octanol–water partition coefficient (Wildman–Crippen LogP) is 0.914. The zero-order valence-electron chi connectivity index (χ0n) is 9.37. The highest BCUT2D eigenvalue weighted by Crippen LogP contribution is 2.31. The molecule has 1 saturated carbocycles. The first kappa shape index (κ1) is 10.1. The van der Waals surface area contributed by atoms with Gasteiger partial charge >= 0.3 is 0 Å². The molecule has 1 fully saturated rings. The van der Waals surface area contributed by atoms with Crippen LogP contribution >= 0.6 is 0 Å². The van der Waals surface area contributed by atoms with Crippen molar-refractivity contribution >= 4 is 11.6 Å². The second-order valence-electron chi connectivity index (χ2n) is 4.40. The summed E-state index contributed by atoms with van der Waals surface area (Å²) in [5.74, 6) is 2.18. The van der Waals surface area contributed by atoms with Gasteiger partial charge in [0.25, 0.3) is 0 Å². The number of hydrogen-bond acceptors (Lipinski definition) is 5. The van der Waals surface area contributed by atoms with E-state index in [1.54, 1.807) is 12.3 Å². The van der Waals surface area contributed by atoms with E-state index in [1.807, 2.05) is 10.9 Å². The maximum atomic E-state index is 5.87. The Kier molecular flexibility index (Phi) is 2.21. The Hall–Kier alpha value is -2.11. The van der Waals surface area contributed by atoms with Crippen LogP contribution in [0.15, 0.2) is 18.5 Å². The fraction of sp³-hybridized carbons (Fsp3) is 0.364. The molecule has 0 radical (unpaired) electrons. The molecule has 1 aliphatic carbocycles. The Labute approximate surface area is 98.7 Å². The molecule has 0 aromatic carbocycles. The fourth-order valence-electron chi connectivity index (χ4n) is 1.77. The Morgan fingerprint density at radius 3 is 2.88 bits per heavy atom. The Morgan fingerprint density at radius 2 is 2.18 bits per heavy atom. The van der Waals surface area contributed by atoms with Crippen molar-refractivity contribution in [2.45, 2.75) is 19.4 Å². The monoisotopic (exact) mass is 230 g/mol. The third-order valence-electron chi connectivity index (χ3n) is 2.85. The van der Waals surface area contributed by atoms with Crippen molar-refractivity contribution in [3.8, 4) is 11.4 Å². The molecule has 1 aliphatic rings. The van der Waals surface area contributed by atoms with Gasteiger partial charge in [-0.15, -0.1) is 0 Å². The molecule has 88 valence electrons. The minimum Gasteiger partial charge on any atom is -0.384 e. The fourth-order valence-corrected chi connectivity index (χ4v) is 1.77. The van der Waals surface area contributed by atoms with E-state index in [0.717, 1.165) is 18.0 Å². The summed E-state index contributed by atoms with van der Waals surface area (Å²) >= 11 is 0. The van der Waals surface area contributed by atoms with Gasteiger partial charge in [0.1, 0.15) is 5.82 Å². The van der Waals surface area contributed by atoms with Crippen LogP contribution in [0.5, 0.6) is 0 Å². The normalized spacial score (nSPS) is 15.1. The van der Waals surface area contributed by atoms with Crippen LogP contribution in [0.4, 0.5) is 11.6 Å². The van der Waals surface area contributed by atoms with Crippen molar-refractivity contribution in [1.82, 2.24) is 19.7 Å². The molecule has 0 spiro atoms. The van der Waals surface area contributed by atoms with Crippen LogP contribution in [-0.2, 0) is 6.54 Å². The number of nitrogen functional groups attached to an aromatic ring is 2. The van der Waals surface area contributed by atoms with Gasteiger partial charge in [-0.25, -0.2) is 9.97 Å². The molecule has 0 atom stereocenters. The number of aromatic nitrogens is 4. The molecule has 17 heavy (non-hydrogen) atoms. The lowest BCUT2D eigenvalue weighted by Gasteiger charge is -1.97. The second kappa shape index (κ2) is 3.73. The van der Waals surface area contributed by atoms with Crippen molar-refractivity contribution < 1.29 is 0 Å². The topological polar surface area (TPSA) is 95.6 Å². The van der Waals surface area contributed by atoms with Gasteiger partial charge in [0.15, 0.2) is 11.6 Å². The molecule has 6 heteroatoms. The zero-order valence-corrected chi connectivity index (χ0v) is 9.37. The second-order valence-corrected chi connectivity index (χ2v) is 4.40. The van der Waals surface area contributed by atoms with Crippen LogP contribution in [0, 0.1) is 5.92 Å². The lowest BCUT2D eigenvalue weighted by atomic mass is 10.3. The Balaban J connectivity index is 1.93. The summed E-state index contributed by atoms with van der Waals surface area (Å²) in [5.41, 5.74) is 12.2. The highest BCUT2D eigenvalue weighted by Gasteiger charge is 2.23. The van der Waals surface area contributed by atoms with Crippen molar-refractivity contribution in [3.63, 3.8) is 0 Å². The van der Waals surface area contributed by atoms with E-state index in [-0.39, 0.29) is 0 Å². The van der Waals surface area contributed by atoms with E-state index in [1.165, 1.54) is 12.8 Å². The van der Waals surface area contributed by atoms with Gasteiger partial charge in [0, 0.05) is 18.9 Å². The average molecular weight is 230 g/mol. The van der Waals surface area contributed by atoms with Crippen molar-refractivity contribution in [2.24, 2.45) is 5.92 Å². The van der Waals surface area contributed by atoms with Gasteiger partial charge in [0.2, 0.25) is 0 Å². The first-order valence-corrected chi connectivity index (χ1v) is 5.64. The quantitative estimate of drug-likeness (QED) is 0.817. The molecule has 2 aromatic heterocycles. The molecule has 0 aliphatic heterocycles. The van der Waals surface area contributed by atoms with Gasteiger partial charge in [-0.05, 0) is 24.8 Å². The van der Waals surface area contributed by atoms with Gasteiger partial charge < -0.3 is 11.5 Å². The largest absolute Gasteiger partial charge is 0.384 e. The van der Waals surface area contributed by atoms with Crippen LogP contribution < -0.4 is 11.5 Å². The molecule has 0 unspecified atom stereocenters. The molecular formula is C11H14N6. The molecule has 4 N–H and O–H groups in total. The van der Waals surface area contributed by atoms with Crippen LogP contribution in [0.1, 0.15) is 12.8 Å². The van der Waals surface area contributed by atoms with Gasteiger partial charge in [-0.2, -0.15) is 5.10 Å². The first-order valence-electron chi connectivity index (χ1n) is 5.64. The third-order valence-corrected chi connectivity index (χ3v) is 2.85. The molecular weight excluding hydrogens is 216 g/mol. The molecule has 0 bridgehead atoms. The van der Waals surface area contributed by atoms with E-state index in [4.69, 9.17) is 11.5 Å². The summed E-state index contributed by atoms with van der Waals surface area (Å²) < 4.78 is 1.87. The Bertz CT molecular complexity index is 543. The molecule has 0 amide bonds. The van der Waals surface area contributed by atoms with E-state index in [9.17, 15) is 0 Å². The molecule has 2 heterocycles. The zero-order chi connectivity index (χ0) is 11.8. The summed E-state index contributed by atoms with van der Waals surface area (Å²) in [6.45, 7) is 0.923. The van der Waals surface area contributed by atoms with Crippen LogP contribution in [0.3, 0.4) is 0 Å². The lowest BCUT2D eigenvalue weighted by Crippen LogP contribution is -2.00. The summed E-state index contributed by atoms with van der Waals surface area (Å²) in [7, 11) is 0. The first-order chi connectivity index (χ1) is 8.22. The highest BCUT2D eigenvalue weighted by molar-refractivity contribution is 5.67. The van der Waals surface area contributed by atoms with E-state index in [2.05, 4.69) is 15.1 Å². The summed E-state index contributed by atoms with van der Waals surface area (Å²) in [6, 6.07) is 1.65. The maximum Gasteiger partial charge on any atom is 0.166 e. The van der Waals surface area contributed by atoms with Gasteiger partial charge in [0.05, 0.1) is 5.56 Å². The number of rotatable bonds is 3. The standard InChI is InChI=1S/C11H14N6/c12-9-3-4-14-11(15-9)8-6-17(16-10(8)13)5-7-1-2-7/h3-4,6-7H,1-2,5H2,(H2,13,16)(H2,12,14,15). The van der Waals surface area contributed by atoms with Crippen LogP contribution in [-0.4, -0.2) is 19.7 Å². The minimum absolute atomic E-state index is 0.435. The molecule has 6 nitrogen and oxygen atoms in total. The van der Waals surface area contributed by atoms with E-state index < -0.39 is 0 Å². The highest BCUT2D eigenvalue weighted by atomic mass is 15.3. The predicted molar refractivity (Wildman–Crippen MR) is 64.8 cm³/mol. The number of nitrogens with two attached hydrogens (primary N) is 2.